The lowest BCUT2D eigenvalue weighted by molar-refractivity contribution is 0.179. The summed E-state index contributed by atoms with van der Waals surface area (Å²) in [5.74, 6) is -0.345. The Morgan fingerprint density at radius 2 is 2.21 bits per heavy atom. The van der Waals surface area contributed by atoms with Gasteiger partial charge >= 0.3 is 0 Å². The van der Waals surface area contributed by atoms with Gasteiger partial charge in [0.1, 0.15) is 5.82 Å². The van der Waals surface area contributed by atoms with Gasteiger partial charge in [-0.25, -0.2) is 4.39 Å². The summed E-state index contributed by atoms with van der Waals surface area (Å²) in [6.45, 7) is 1.93. The molecule has 0 aliphatic rings. The molecule has 2 nitrogen and oxygen atoms in total. The summed E-state index contributed by atoms with van der Waals surface area (Å²) < 4.78 is 18.5. The zero-order valence-corrected chi connectivity index (χ0v) is 8.94. The van der Waals surface area contributed by atoms with Gasteiger partial charge < -0.3 is 10.5 Å². The van der Waals surface area contributed by atoms with E-state index in [1.165, 1.54) is 7.11 Å². The molecular weight excluding hydrogens is 205 g/mol. The largest absolute Gasteiger partial charge is 0.383 e. The fourth-order valence-electron chi connectivity index (χ4n) is 1.28. The van der Waals surface area contributed by atoms with Gasteiger partial charge in [-0.2, -0.15) is 0 Å². The van der Waals surface area contributed by atoms with Crippen LogP contribution in [0.5, 0.6) is 0 Å². The molecule has 0 spiro atoms. The van der Waals surface area contributed by atoms with Gasteiger partial charge in [0.25, 0.3) is 0 Å². The first kappa shape index (κ1) is 11.4. The maximum atomic E-state index is 13.6. The van der Waals surface area contributed by atoms with E-state index in [1.807, 2.05) is 0 Å². The second-order valence-electron chi connectivity index (χ2n) is 3.15. The monoisotopic (exact) mass is 217 g/mol. The quantitative estimate of drug-likeness (QED) is 0.844. The fraction of sp³-hybridized carbons (Fsp3) is 0.400. The number of nitrogens with two attached hydrogens (primary N) is 1. The Hall–Kier alpha value is -0.640. The Morgan fingerprint density at radius 3 is 2.79 bits per heavy atom. The highest BCUT2D eigenvalue weighted by atomic mass is 35.5. The van der Waals surface area contributed by atoms with Crippen LogP contribution in [0.15, 0.2) is 12.1 Å². The highest BCUT2D eigenvalue weighted by molar-refractivity contribution is 6.31. The summed E-state index contributed by atoms with van der Waals surface area (Å²) in [4.78, 5) is 0. The van der Waals surface area contributed by atoms with Gasteiger partial charge in [-0.1, -0.05) is 17.7 Å². The summed E-state index contributed by atoms with van der Waals surface area (Å²) in [7, 11) is 1.52. The van der Waals surface area contributed by atoms with Crippen LogP contribution in [-0.2, 0) is 4.74 Å². The normalized spacial score (nSPS) is 12.9. The van der Waals surface area contributed by atoms with Crippen molar-refractivity contribution in [3.05, 3.63) is 34.1 Å². The van der Waals surface area contributed by atoms with E-state index in [0.29, 0.717) is 16.1 Å². The van der Waals surface area contributed by atoms with Gasteiger partial charge in [0.05, 0.1) is 12.6 Å². The maximum Gasteiger partial charge on any atom is 0.132 e. The lowest BCUT2D eigenvalue weighted by atomic mass is 10.0. The highest BCUT2D eigenvalue weighted by Gasteiger charge is 2.16. The minimum atomic E-state index is -0.521. The van der Waals surface area contributed by atoms with E-state index in [4.69, 9.17) is 22.1 Å². The van der Waals surface area contributed by atoms with E-state index < -0.39 is 6.04 Å². The summed E-state index contributed by atoms with van der Waals surface area (Å²) in [6.07, 6.45) is 0. The number of hydrogen-bond donors (Lipinski definition) is 1. The molecule has 0 aliphatic heterocycles. The third-order valence-electron chi connectivity index (χ3n) is 2.04. The van der Waals surface area contributed by atoms with Gasteiger partial charge in [-0.15, -0.1) is 0 Å². The number of rotatable bonds is 3. The Bertz CT molecular complexity index is 330. The zero-order chi connectivity index (χ0) is 10.7. The standard InChI is InChI=1S/C10H13ClFNO/c1-6-3-4-7(11)9(10(6)12)8(13)5-14-2/h3-4,8H,5,13H2,1-2H3. The van der Waals surface area contributed by atoms with Crippen LogP contribution in [0, 0.1) is 12.7 Å². The van der Waals surface area contributed by atoms with Crippen molar-refractivity contribution in [3.8, 4) is 0 Å². The molecule has 0 heterocycles. The van der Waals surface area contributed by atoms with Crippen molar-refractivity contribution < 1.29 is 9.13 Å². The number of hydrogen-bond acceptors (Lipinski definition) is 2. The Labute approximate surface area is 87.8 Å². The highest BCUT2D eigenvalue weighted by Crippen LogP contribution is 2.26. The van der Waals surface area contributed by atoms with E-state index in [0.717, 1.165) is 0 Å². The molecule has 0 radical (unpaired) electrons. The molecule has 1 atom stereocenters. The number of ether oxygens (including phenoxy) is 1. The van der Waals surface area contributed by atoms with E-state index >= 15 is 0 Å². The van der Waals surface area contributed by atoms with E-state index in [2.05, 4.69) is 0 Å². The van der Waals surface area contributed by atoms with Gasteiger partial charge in [0.15, 0.2) is 0 Å². The number of methoxy groups -OCH3 is 1. The van der Waals surface area contributed by atoms with Gasteiger partial charge in [0.2, 0.25) is 0 Å². The molecule has 0 amide bonds. The topological polar surface area (TPSA) is 35.2 Å². The molecule has 14 heavy (non-hydrogen) atoms. The summed E-state index contributed by atoms with van der Waals surface area (Å²) in [6, 6.07) is 2.75. The number of halogens is 2. The summed E-state index contributed by atoms with van der Waals surface area (Å²) in [5, 5.41) is 0.345. The van der Waals surface area contributed by atoms with Crippen LogP contribution < -0.4 is 5.73 Å². The van der Waals surface area contributed by atoms with Crippen LogP contribution >= 0.6 is 11.6 Å². The molecule has 1 unspecified atom stereocenters. The van der Waals surface area contributed by atoms with Crippen LogP contribution in [0.3, 0.4) is 0 Å². The van der Waals surface area contributed by atoms with Crippen molar-refractivity contribution in [2.45, 2.75) is 13.0 Å². The van der Waals surface area contributed by atoms with Crippen LogP contribution in [0.2, 0.25) is 5.02 Å². The smallest absolute Gasteiger partial charge is 0.132 e. The lowest BCUT2D eigenvalue weighted by Gasteiger charge is -2.14. The Morgan fingerprint density at radius 1 is 1.57 bits per heavy atom. The van der Waals surface area contributed by atoms with E-state index in [-0.39, 0.29) is 12.4 Å². The molecule has 0 bridgehead atoms. The molecular formula is C10H13ClFNO. The lowest BCUT2D eigenvalue weighted by Crippen LogP contribution is -2.18. The van der Waals surface area contributed by atoms with Crippen LogP contribution in [0.4, 0.5) is 4.39 Å². The van der Waals surface area contributed by atoms with Crippen molar-refractivity contribution in [3.63, 3.8) is 0 Å². The average Bonchev–Trinajstić information content (AvgIpc) is 2.13. The molecule has 1 aromatic rings. The predicted octanol–water partition coefficient (Wildman–Crippen LogP) is 2.43. The molecule has 0 aromatic heterocycles. The molecule has 1 rings (SSSR count). The molecule has 0 fully saturated rings. The van der Waals surface area contributed by atoms with E-state index in [1.54, 1.807) is 19.1 Å². The molecule has 0 saturated heterocycles. The van der Waals surface area contributed by atoms with Gasteiger partial charge in [-0.05, 0) is 18.6 Å². The van der Waals surface area contributed by atoms with Gasteiger partial charge in [-0.3, -0.25) is 0 Å². The van der Waals surface area contributed by atoms with Crippen LogP contribution in [0.25, 0.3) is 0 Å². The Balaban J connectivity index is 3.11. The fourth-order valence-corrected chi connectivity index (χ4v) is 1.57. The summed E-state index contributed by atoms with van der Waals surface area (Å²) >= 11 is 5.86. The first-order valence-corrected chi connectivity index (χ1v) is 4.64. The molecule has 0 saturated carbocycles. The predicted molar refractivity (Wildman–Crippen MR) is 55.0 cm³/mol. The van der Waals surface area contributed by atoms with Crippen LogP contribution in [-0.4, -0.2) is 13.7 Å². The van der Waals surface area contributed by atoms with Crippen molar-refractivity contribution >= 4 is 11.6 Å². The van der Waals surface area contributed by atoms with Gasteiger partial charge in [0, 0.05) is 17.7 Å². The van der Waals surface area contributed by atoms with Crippen molar-refractivity contribution in [2.75, 3.05) is 13.7 Å². The first-order chi connectivity index (χ1) is 6.57. The number of aryl methyl sites for hydroxylation is 1. The maximum absolute atomic E-state index is 13.6. The minimum Gasteiger partial charge on any atom is -0.383 e. The molecule has 0 aliphatic carbocycles. The van der Waals surface area contributed by atoms with E-state index in [9.17, 15) is 4.39 Å². The Kier molecular flexibility index (Phi) is 3.86. The minimum absolute atomic E-state index is 0.250. The third kappa shape index (κ3) is 2.23. The second kappa shape index (κ2) is 4.73. The molecule has 2 N–H and O–H groups in total. The zero-order valence-electron chi connectivity index (χ0n) is 8.18. The summed E-state index contributed by atoms with van der Waals surface area (Å²) in [5.41, 5.74) is 6.59. The number of benzene rings is 1. The third-order valence-corrected chi connectivity index (χ3v) is 2.37. The average molecular weight is 218 g/mol. The molecule has 4 heteroatoms. The van der Waals surface area contributed by atoms with Crippen molar-refractivity contribution in [1.29, 1.82) is 0 Å². The van der Waals surface area contributed by atoms with Crippen molar-refractivity contribution in [1.82, 2.24) is 0 Å². The van der Waals surface area contributed by atoms with Crippen molar-refractivity contribution in [2.24, 2.45) is 5.73 Å². The second-order valence-corrected chi connectivity index (χ2v) is 3.56. The van der Waals surface area contributed by atoms with Crippen LogP contribution in [0.1, 0.15) is 17.2 Å². The molecule has 1 aromatic carbocycles. The SMILES string of the molecule is COCC(N)c1c(Cl)ccc(C)c1F. The first-order valence-electron chi connectivity index (χ1n) is 4.27. The molecule has 78 valence electrons.